The van der Waals surface area contributed by atoms with Gasteiger partial charge in [0.25, 0.3) is 0 Å². The zero-order chi connectivity index (χ0) is 18.3. The topological polar surface area (TPSA) is 48.4 Å². The van der Waals surface area contributed by atoms with Crippen LogP contribution in [0.5, 0.6) is 5.75 Å². The van der Waals surface area contributed by atoms with Crippen LogP contribution in [0.25, 0.3) is 0 Å². The molecule has 0 unspecified atom stereocenters. The molecule has 3 aromatic rings. The van der Waals surface area contributed by atoms with Crippen LogP contribution in [0.2, 0.25) is 9.36 Å². The summed E-state index contributed by atoms with van der Waals surface area (Å²) in [6, 6.07) is 14.1. The van der Waals surface area contributed by atoms with Crippen LogP contribution in [0.3, 0.4) is 0 Å². The van der Waals surface area contributed by atoms with Crippen molar-refractivity contribution in [3.63, 3.8) is 0 Å². The molecule has 0 radical (unpaired) electrons. The van der Waals surface area contributed by atoms with Crippen LogP contribution >= 0.6 is 46.8 Å². The number of benzene rings is 1. The molecule has 2 atom stereocenters. The minimum Gasteiger partial charge on any atom is -0.506 e. The number of hydrogen-bond acceptors (Lipinski definition) is 4. The zero-order valence-electron chi connectivity index (χ0n) is 13.3. The van der Waals surface area contributed by atoms with Gasteiger partial charge in [0, 0.05) is 16.1 Å². The van der Waals surface area contributed by atoms with E-state index in [1.54, 1.807) is 24.4 Å². The molecule has 1 aliphatic rings. The monoisotopic (exact) mass is 421 g/mol. The van der Waals surface area contributed by atoms with Crippen molar-refractivity contribution >= 4 is 57.6 Å². The summed E-state index contributed by atoms with van der Waals surface area (Å²) >= 11 is 19.4. The van der Waals surface area contributed by atoms with Gasteiger partial charge in [-0.25, -0.2) is 0 Å². The second-order valence-electron chi connectivity index (χ2n) is 5.77. The Balaban J connectivity index is 1.86. The number of thiocarbonyl (C=S) groups is 1. The number of rotatable bonds is 3. The van der Waals surface area contributed by atoms with Crippen molar-refractivity contribution in [1.82, 2.24) is 10.3 Å². The Hall–Kier alpha value is -1.86. The van der Waals surface area contributed by atoms with Gasteiger partial charge in [-0.2, -0.15) is 0 Å². The van der Waals surface area contributed by atoms with Crippen molar-refractivity contribution in [2.75, 3.05) is 4.90 Å². The molecule has 1 fully saturated rings. The van der Waals surface area contributed by atoms with Gasteiger partial charge in [-0.05, 0) is 54.7 Å². The van der Waals surface area contributed by atoms with Gasteiger partial charge >= 0.3 is 0 Å². The normalized spacial score (nSPS) is 19.6. The highest BCUT2D eigenvalue weighted by molar-refractivity contribution is 7.80. The third-order valence-corrected chi connectivity index (χ3v) is 6.03. The van der Waals surface area contributed by atoms with Crippen LogP contribution in [0.15, 0.2) is 54.7 Å². The molecular formula is C18H13Cl2N3OS2. The summed E-state index contributed by atoms with van der Waals surface area (Å²) in [6.07, 6.45) is 1.75. The van der Waals surface area contributed by atoms with E-state index in [1.807, 2.05) is 35.2 Å². The largest absolute Gasteiger partial charge is 0.506 e. The lowest BCUT2D eigenvalue weighted by Gasteiger charge is -2.27. The number of aromatic nitrogens is 1. The third kappa shape index (κ3) is 3.14. The number of nitrogens with zero attached hydrogens (tertiary/aromatic N) is 2. The van der Waals surface area contributed by atoms with Gasteiger partial charge in [0.2, 0.25) is 0 Å². The fourth-order valence-corrected chi connectivity index (χ4v) is 4.78. The molecule has 0 bridgehead atoms. The van der Waals surface area contributed by atoms with E-state index in [9.17, 15) is 5.11 Å². The number of phenolic OH excluding ortho intramolecular Hbond substituents is 1. The number of phenols is 1. The minimum atomic E-state index is -0.209. The van der Waals surface area contributed by atoms with E-state index >= 15 is 0 Å². The Labute approximate surface area is 170 Å². The van der Waals surface area contributed by atoms with Gasteiger partial charge in [0.1, 0.15) is 5.75 Å². The van der Waals surface area contributed by atoms with E-state index < -0.39 is 0 Å². The smallest absolute Gasteiger partial charge is 0.174 e. The van der Waals surface area contributed by atoms with Crippen molar-refractivity contribution in [3.05, 3.63) is 74.7 Å². The van der Waals surface area contributed by atoms with Crippen molar-refractivity contribution in [2.24, 2.45) is 0 Å². The summed E-state index contributed by atoms with van der Waals surface area (Å²) in [7, 11) is 0. The third-order valence-electron chi connectivity index (χ3n) is 4.18. The van der Waals surface area contributed by atoms with E-state index in [0.717, 1.165) is 10.6 Å². The molecule has 1 aromatic carbocycles. The molecule has 3 heterocycles. The summed E-state index contributed by atoms with van der Waals surface area (Å²) in [5, 5.41) is 14.8. The highest BCUT2D eigenvalue weighted by Gasteiger charge is 2.42. The number of thiophene rings is 1. The second kappa shape index (κ2) is 7.04. The molecule has 1 aliphatic heterocycles. The van der Waals surface area contributed by atoms with Crippen LogP contribution in [0.1, 0.15) is 22.7 Å². The van der Waals surface area contributed by atoms with E-state index in [-0.39, 0.29) is 17.8 Å². The van der Waals surface area contributed by atoms with Crippen LogP contribution in [0.4, 0.5) is 5.69 Å². The van der Waals surface area contributed by atoms with Gasteiger partial charge in [0.05, 0.1) is 27.8 Å². The van der Waals surface area contributed by atoms with E-state index in [0.29, 0.717) is 20.2 Å². The predicted octanol–water partition coefficient (Wildman–Crippen LogP) is 5.33. The van der Waals surface area contributed by atoms with Gasteiger partial charge < -0.3 is 15.3 Å². The van der Waals surface area contributed by atoms with Gasteiger partial charge in [-0.15, -0.1) is 11.3 Å². The lowest BCUT2D eigenvalue weighted by molar-refractivity contribution is 0.473. The van der Waals surface area contributed by atoms with Gasteiger partial charge in [-0.1, -0.05) is 29.3 Å². The van der Waals surface area contributed by atoms with E-state index in [1.165, 1.54) is 11.3 Å². The second-order valence-corrected chi connectivity index (χ2v) is 8.34. The molecule has 4 rings (SSSR count). The quantitative estimate of drug-likeness (QED) is 0.559. The molecule has 0 saturated carbocycles. The number of aromatic hydroxyl groups is 1. The zero-order valence-corrected chi connectivity index (χ0v) is 16.4. The molecule has 26 heavy (non-hydrogen) atoms. The lowest BCUT2D eigenvalue weighted by Crippen LogP contribution is -2.29. The summed E-state index contributed by atoms with van der Waals surface area (Å²) in [6.45, 7) is 0. The van der Waals surface area contributed by atoms with E-state index in [2.05, 4.69) is 10.3 Å². The van der Waals surface area contributed by atoms with Crippen LogP contribution in [0, 0.1) is 0 Å². The highest BCUT2D eigenvalue weighted by atomic mass is 35.5. The maximum Gasteiger partial charge on any atom is 0.174 e. The Bertz CT molecular complexity index is 964. The van der Waals surface area contributed by atoms with Crippen LogP contribution < -0.4 is 10.2 Å². The molecule has 1 saturated heterocycles. The SMILES string of the molecule is Oc1ccc(Cl)cc1N1C(=S)N[C@H](c2ccccn2)[C@H]1c1ccc(Cl)s1. The fraction of sp³-hybridized carbons (Fsp3) is 0.111. The number of halogens is 2. The first-order valence-corrected chi connectivity index (χ1v) is 9.77. The Morgan fingerprint density at radius 3 is 2.69 bits per heavy atom. The van der Waals surface area contributed by atoms with Crippen molar-refractivity contribution < 1.29 is 5.11 Å². The van der Waals surface area contributed by atoms with Crippen molar-refractivity contribution in [3.8, 4) is 5.75 Å². The maximum absolute atomic E-state index is 10.4. The summed E-state index contributed by atoms with van der Waals surface area (Å²) in [5.74, 6) is 0.105. The first-order valence-electron chi connectivity index (χ1n) is 7.79. The van der Waals surface area contributed by atoms with Crippen LogP contribution in [-0.4, -0.2) is 15.2 Å². The number of nitrogens with one attached hydrogen (secondary N) is 1. The van der Waals surface area contributed by atoms with Crippen LogP contribution in [-0.2, 0) is 0 Å². The van der Waals surface area contributed by atoms with Gasteiger partial charge in [-0.3, -0.25) is 4.98 Å². The first kappa shape index (κ1) is 17.5. The molecule has 0 spiro atoms. The first-order chi connectivity index (χ1) is 12.5. The minimum absolute atomic E-state index is 0.105. The standard InChI is InChI=1S/C18H13Cl2N3OS2/c19-10-4-5-13(24)12(9-10)23-17(14-6-7-15(20)26-14)16(22-18(23)25)11-3-1-2-8-21-11/h1-9,16-17,24H,(H,22,25)/t16-,17-/m1/s1. The maximum atomic E-state index is 10.4. The number of anilines is 1. The molecule has 8 heteroatoms. The Morgan fingerprint density at radius 2 is 2.00 bits per heavy atom. The highest BCUT2D eigenvalue weighted by Crippen LogP contribution is 2.46. The lowest BCUT2D eigenvalue weighted by atomic mass is 10.0. The summed E-state index contributed by atoms with van der Waals surface area (Å²) in [5.41, 5.74) is 1.40. The number of pyridine rings is 1. The molecular weight excluding hydrogens is 409 g/mol. The summed E-state index contributed by atoms with van der Waals surface area (Å²) < 4.78 is 0.688. The molecule has 4 nitrogen and oxygen atoms in total. The predicted molar refractivity (Wildman–Crippen MR) is 110 cm³/mol. The summed E-state index contributed by atoms with van der Waals surface area (Å²) in [4.78, 5) is 7.36. The Morgan fingerprint density at radius 1 is 1.15 bits per heavy atom. The fourth-order valence-electron chi connectivity index (χ4n) is 3.08. The van der Waals surface area contributed by atoms with E-state index in [4.69, 9.17) is 35.4 Å². The molecule has 0 amide bonds. The average molecular weight is 422 g/mol. The Kier molecular flexibility index (Phi) is 4.75. The number of hydrogen-bond donors (Lipinski definition) is 2. The van der Waals surface area contributed by atoms with Crippen molar-refractivity contribution in [1.29, 1.82) is 0 Å². The van der Waals surface area contributed by atoms with Crippen molar-refractivity contribution in [2.45, 2.75) is 12.1 Å². The molecule has 2 aromatic heterocycles. The average Bonchev–Trinajstić information content (AvgIpc) is 3.21. The molecule has 132 valence electrons. The van der Waals surface area contributed by atoms with Gasteiger partial charge in [0.15, 0.2) is 5.11 Å². The molecule has 2 N–H and O–H groups in total. The molecule has 0 aliphatic carbocycles.